The molecule has 1 atom stereocenters. The zero-order chi connectivity index (χ0) is 11.5. The molecular formula is C14H22N2. The van der Waals surface area contributed by atoms with Gasteiger partial charge in [-0.25, -0.2) is 0 Å². The topological polar surface area (TPSA) is 15.3 Å². The largest absolute Gasteiger partial charge is 0.374 e. The average Bonchev–Trinajstić information content (AvgIpc) is 2.26. The van der Waals surface area contributed by atoms with E-state index in [0.29, 0.717) is 6.04 Å². The maximum absolute atomic E-state index is 3.45. The van der Waals surface area contributed by atoms with E-state index >= 15 is 0 Å². The molecule has 0 spiro atoms. The summed E-state index contributed by atoms with van der Waals surface area (Å²) in [6.45, 7) is 3.35. The standard InChI is InChI=1S/C14H22N2/c1-11-7-8-14-12(10-11)13(15-2)6-4-5-9-16(14)3/h7-8,10,13,15H,4-6,9H2,1-3H3. The van der Waals surface area contributed by atoms with E-state index in [-0.39, 0.29) is 0 Å². The summed E-state index contributed by atoms with van der Waals surface area (Å²) in [7, 11) is 4.27. The third kappa shape index (κ3) is 2.22. The first kappa shape index (κ1) is 11.5. The highest BCUT2D eigenvalue weighted by Crippen LogP contribution is 2.31. The van der Waals surface area contributed by atoms with Crippen molar-refractivity contribution in [2.24, 2.45) is 0 Å². The Morgan fingerprint density at radius 3 is 2.88 bits per heavy atom. The predicted octanol–water partition coefficient (Wildman–Crippen LogP) is 2.88. The van der Waals surface area contributed by atoms with E-state index in [4.69, 9.17) is 0 Å². The summed E-state index contributed by atoms with van der Waals surface area (Å²) < 4.78 is 0. The second-order valence-corrected chi connectivity index (χ2v) is 4.82. The van der Waals surface area contributed by atoms with Crippen molar-refractivity contribution in [3.63, 3.8) is 0 Å². The number of nitrogens with zero attached hydrogens (tertiary/aromatic N) is 1. The van der Waals surface area contributed by atoms with Crippen molar-refractivity contribution < 1.29 is 0 Å². The van der Waals surface area contributed by atoms with Crippen molar-refractivity contribution in [3.05, 3.63) is 29.3 Å². The fourth-order valence-electron chi connectivity index (χ4n) is 2.57. The van der Waals surface area contributed by atoms with Crippen LogP contribution in [0.2, 0.25) is 0 Å². The molecule has 0 saturated heterocycles. The van der Waals surface area contributed by atoms with E-state index in [1.54, 1.807) is 0 Å². The molecule has 2 heteroatoms. The predicted molar refractivity (Wildman–Crippen MR) is 70.1 cm³/mol. The van der Waals surface area contributed by atoms with Crippen LogP contribution in [0.15, 0.2) is 18.2 Å². The molecule has 2 nitrogen and oxygen atoms in total. The Morgan fingerprint density at radius 2 is 2.12 bits per heavy atom. The molecule has 2 rings (SSSR count). The van der Waals surface area contributed by atoms with Crippen molar-refractivity contribution in [2.75, 3.05) is 25.5 Å². The lowest BCUT2D eigenvalue weighted by Crippen LogP contribution is -2.26. The van der Waals surface area contributed by atoms with Gasteiger partial charge in [-0.2, -0.15) is 0 Å². The molecule has 0 bridgehead atoms. The summed E-state index contributed by atoms with van der Waals surface area (Å²) in [5.74, 6) is 0. The molecular weight excluding hydrogens is 196 g/mol. The van der Waals surface area contributed by atoms with Gasteiger partial charge >= 0.3 is 0 Å². The van der Waals surface area contributed by atoms with Gasteiger partial charge in [-0.3, -0.25) is 0 Å². The average molecular weight is 218 g/mol. The molecule has 1 aliphatic heterocycles. The van der Waals surface area contributed by atoms with E-state index in [1.807, 2.05) is 0 Å². The first-order chi connectivity index (χ1) is 7.72. The molecule has 1 aliphatic rings. The third-order valence-electron chi connectivity index (χ3n) is 3.55. The van der Waals surface area contributed by atoms with Crippen molar-refractivity contribution in [3.8, 4) is 0 Å². The Kier molecular flexibility index (Phi) is 3.49. The maximum atomic E-state index is 3.45. The quantitative estimate of drug-likeness (QED) is 0.779. The highest BCUT2D eigenvalue weighted by molar-refractivity contribution is 5.56. The normalized spacial score (nSPS) is 21.2. The van der Waals surface area contributed by atoms with Crippen LogP contribution in [0.1, 0.15) is 36.4 Å². The van der Waals surface area contributed by atoms with Crippen molar-refractivity contribution >= 4 is 5.69 Å². The Morgan fingerprint density at radius 1 is 1.31 bits per heavy atom. The summed E-state index contributed by atoms with van der Waals surface area (Å²) >= 11 is 0. The van der Waals surface area contributed by atoms with Crippen molar-refractivity contribution in [2.45, 2.75) is 32.2 Å². The van der Waals surface area contributed by atoms with E-state index in [9.17, 15) is 0 Å². The van der Waals surface area contributed by atoms with E-state index in [0.717, 1.165) is 0 Å². The molecule has 16 heavy (non-hydrogen) atoms. The summed E-state index contributed by atoms with van der Waals surface area (Å²) in [5, 5.41) is 3.45. The van der Waals surface area contributed by atoms with Gasteiger partial charge in [0.05, 0.1) is 0 Å². The van der Waals surface area contributed by atoms with Gasteiger partial charge in [-0.15, -0.1) is 0 Å². The van der Waals surface area contributed by atoms with Crippen LogP contribution in [0.5, 0.6) is 0 Å². The SMILES string of the molecule is CNC1CCCCN(C)c2ccc(C)cc21. The Bertz CT molecular complexity index is 360. The van der Waals surface area contributed by atoms with Gasteiger partial charge in [0.15, 0.2) is 0 Å². The molecule has 1 unspecified atom stereocenters. The number of benzene rings is 1. The fourth-order valence-corrected chi connectivity index (χ4v) is 2.57. The molecule has 0 aromatic heterocycles. The van der Waals surface area contributed by atoms with Crippen LogP contribution in [0.4, 0.5) is 5.69 Å². The summed E-state index contributed by atoms with van der Waals surface area (Å²) in [6.07, 6.45) is 3.85. The van der Waals surface area contributed by atoms with Gasteiger partial charge < -0.3 is 10.2 Å². The lowest BCUT2D eigenvalue weighted by molar-refractivity contribution is 0.503. The lowest BCUT2D eigenvalue weighted by atomic mass is 9.95. The van der Waals surface area contributed by atoms with Crippen LogP contribution < -0.4 is 10.2 Å². The minimum Gasteiger partial charge on any atom is -0.374 e. The lowest BCUT2D eigenvalue weighted by Gasteiger charge is -2.30. The molecule has 1 aromatic carbocycles. The summed E-state index contributed by atoms with van der Waals surface area (Å²) in [6, 6.07) is 7.32. The number of anilines is 1. The zero-order valence-electron chi connectivity index (χ0n) is 10.6. The van der Waals surface area contributed by atoms with E-state index < -0.39 is 0 Å². The van der Waals surface area contributed by atoms with Gasteiger partial charge in [-0.05, 0) is 44.9 Å². The van der Waals surface area contributed by atoms with Crippen molar-refractivity contribution in [1.82, 2.24) is 5.32 Å². The molecule has 1 heterocycles. The van der Waals surface area contributed by atoms with Gasteiger partial charge in [0.1, 0.15) is 0 Å². The second kappa shape index (κ2) is 4.88. The van der Waals surface area contributed by atoms with Crippen LogP contribution in [0.3, 0.4) is 0 Å². The van der Waals surface area contributed by atoms with Crippen LogP contribution in [-0.4, -0.2) is 20.6 Å². The van der Waals surface area contributed by atoms with Crippen LogP contribution in [0, 0.1) is 6.92 Å². The number of fused-ring (bicyclic) bond motifs is 1. The Balaban J connectivity index is 2.43. The summed E-state index contributed by atoms with van der Waals surface area (Å²) in [5.41, 5.74) is 4.21. The summed E-state index contributed by atoms with van der Waals surface area (Å²) in [4.78, 5) is 2.39. The van der Waals surface area contributed by atoms with Crippen LogP contribution in [-0.2, 0) is 0 Å². The van der Waals surface area contributed by atoms with E-state index in [2.05, 4.69) is 49.4 Å². The molecule has 0 saturated carbocycles. The molecule has 0 amide bonds. The Hall–Kier alpha value is -1.02. The van der Waals surface area contributed by atoms with Crippen LogP contribution >= 0.6 is 0 Å². The van der Waals surface area contributed by atoms with E-state index in [1.165, 1.54) is 42.6 Å². The molecule has 88 valence electrons. The number of aryl methyl sites for hydroxylation is 1. The first-order valence-electron chi connectivity index (χ1n) is 6.21. The number of rotatable bonds is 1. The van der Waals surface area contributed by atoms with Gasteiger partial charge in [0.25, 0.3) is 0 Å². The third-order valence-corrected chi connectivity index (χ3v) is 3.55. The minimum absolute atomic E-state index is 0.512. The molecule has 0 fully saturated rings. The number of hydrogen-bond acceptors (Lipinski definition) is 2. The highest BCUT2D eigenvalue weighted by atomic mass is 15.1. The van der Waals surface area contributed by atoms with Crippen molar-refractivity contribution in [1.29, 1.82) is 0 Å². The fraction of sp³-hybridized carbons (Fsp3) is 0.571. The van der Waals surface area contributed by atoms with Gasteiger partial charge in [-0.1, -0.05) is 17.7 Å². The van der Waals surface area contributed by atoms with Gasteiger partial charge in [0.2, 0.25) is 0 Å². The Labute approximate surface area is 98.7 Å². The highest BCUT2D eigenvalue weighted by Gasteiger charge is 2.18. The molecule has 1 N–H and O–H groups in total. The van der Waals surface area contributed by atoms with Crippen LogP contribution in [0.25, 0.3) is 0 Å². The number of hydrogen-bond donors (Lipinski definition) is 1. The molecule has 0 aliphatic carbocycles. The molecule has 1 aromatic rings. The first-order valence-corrected chi connectivity index (χ1v) is 6.21. The molecule has 0 radical (unpaired) electrons. The minimum atomic E-state index is 0.512. The monoisotopic (exact) mass is 218 g/mol. The smallest absolute Gasteiger partial charge is 0.0412 e. The van der Waals surface area contributed by atoms with Gasteiger partial charge in [0, 0.05) is 25.3 Å². The number of nitrogens with one attached hydrogen (secondary N) is 1. The second-order valence-electron chi connectivity index (χ2n) is 4.82. The maximum Gasteiger partial charge on any atom is 0.0412 e. The zero-order valence-corrected chi connectivity index (χ0v) is 10.6.